The quantitative estimate of drug-likeness (QED) is 0.461. The van der Waals surface area contributed by atoms with Crippen LogP contribution in [0.1, 0.15) is 40.1 Å². The second-order valence-electron chi connectivity index (χ2n) is 7.91. The number of carbonyl (C=O) groups is 1. The number of pyridine rings is 1. The lowest BCUT2D eigenvalue weighted by molar-refractivity contribution is -0.113. The van der Waals surface area contributed by atoms with Crippen molar-refractivity contribution in [3.05, 3.63) is 45.5 Å². The molecule has 3 heterocycles. The van der Waals surface area contributed by atoms with Crippen molar-refractivity contribution >= 4 is 50.7 Å². The molecule has 1 aliphatic rings. The van der Waals surface area contributed by atoms with E-state index in [-0.39, 0.29) is 11.7 Å². The fourth-order valence-corrected chi connectivity index (χ4v) is 6.01. The number of carbonyl (C=O) groups excluding carboxylic acids is 1. The zero-order chi connectivity index (χ0) is 20.8. The molecule has 0 bridgehead atoms. The number of amides is 1. The van der Waals surface area contributed by atoms with Crippen LogP contribution in [-0.2, 0) is 17.6 Å². The Morgan fingerprint density at radius 2 is 1.97 bits per heavy atom. The molecular formula is C22H23N5OS2. The average Bonchev–Trinajstić information content (AvgIpc) is 3.29. The predicted molar refractivity (Wildman–Crippen MR) is 123 cm³/mol. The third kappa shape index (κ3) is 3.48. The average molecular weight is 438 g/mol. The van der Waals surface area contributed by atoms with Gasteiger partial charge in [0.05, 0.1) is 17.0 Å². The van der Waals surface area contributed by atoms with E-state index in [4.69, 9.17) is 0 Å². The molecule has 3 aromatic heterocycles. The van der Waals surface area contributed by atoms with Gasteiger partial charge in [-0.1, -0.05) is 23.4 Å². The van der Waals surface area contributed by atoms with Crippen LogP contribution >= 0.6 is 23.1 Å². The molecule has 0 aliphatic heterocycles. The number of fused-ring (bicyclic) bond motifs is 4. The van der Waals surface area contributed by atoms with E-state index in [9.17, 15) is 4.79 Å². The molecule has 5 rings (SSSR count). The normalized spacial score (nSPS) is 13.7. The minimum atomic E-state index is -0.0631. The number of rotatable bonds is 4. The number of thioether (sulfide) groups is 1. The Balaban J connectivity index is 1.40. The van der Waals surface area contributed by atoms with Crippen molar-refractivity contribution in [1.82, 2.24) is 19.6 Å². The molecule has 1 N–H and O–H groups in total. The molecule has 0 unspecified atom stereocenters. The Labute approximate surface area is 183 Å². The van der Waals surface area contributed by atoms with Gasteiger partial charge in [-0.3, -0.25) is 9.20 Å². The van der Waals surface area contributed by atoms with Gasteiger partial charge in [-0.25, -0.2) is 4.98 Å². The summed E-state index contributed by atoms with van der Waals surface area (Å²) in [4.78, 5) is 18.5. The van der Waals surface area contributed by atoms with Gasteiger partial charge in [0, 0.05) is 10.3 Å². The maximum Gasteiger partial charge on any atom is 0.236 e. The zero-order valence-electron chi connectivity index (χ0n) is 17.3. The van der Waals surface area contributed by atoms with Gasteiger partial charge < -0.3 is 5.32 Å². The standard InChI is InChI=1S/C22H23N5OS2/c1-12-8-14(3)20-15(9-12)13(2)10-18-25-26-22(27(18)20)29-11-19(28)24-21-23-16-6-4-5-7-17(16)30-21/h8-10H,4-7,11H2,1-3H3,(H,23,24,28). The van der Waals surface area contributed by atoms with Crippen LogP contribution in [0, 0.1) is 20.8 Å². The van der Waals surface area contributed by atoms with Crippen molar-refractivity contribution < 1.29 is 4.79 Å². The molecule has 1 aromatic carbocycles. The van der Waals surface area contributed by atoms with Crippen molar-refractivity contribution in [1.29, 1.82) is 0 Å². The maximum absolute atomic E-state index is 12.6. The van der Waals surface area contributed by atoms with Gasteiger partial charge in [0.25, 0.3) is 0 Å². The molecule has 1 aliphatic carbocycles. The number of nitrogens with zero attached hydrogens (tertiary/aromatic N) is 4. The number of aryl methyl sites for hydroxylation is 5. The lowest BCUT2D eigenvalue weighted by Crippen LogP contribution is -2.14. The van der Waals surface area contributed by atoms with E-state index in [0.717, 1.165) is 34.9 Å². The van der Waals surface area contributed by atoms with Crippen molar-refractivity contribution in [2.45, 2.75) is 51.6 Å². The number of thiazole rings is 1. The minimum absolute atomic E-state index is 0.0631. The van der Waals surface area contributed by atoms with E-state index >= 15 is 0 Å². The first-order valence-corrected chi connectivity index (χ1v) is 12.0. The van der Waals surface area contributed by atoms with E-state index in [0.29, 0.717) is 5.13 Å². The molecule has 0 saturated heterocycles. The lowest BCUT2D eigenvalue weighted by atomic mass is 10.0. The molecule has 30 heavy (non-hydrogen) atoms. The van der Waals surface area contributed by atoms with E-state index in [1.807, 2.05) is 0 Å². The zero-order valence-corrected chi connectivity index (χ0v) is 18.9. The number of nitrogens with one attached hydrogen (secondary N) is 1. The van der Waals surface area contributed by atoms with Crippen molar-refractivity contribution in [3.8, 4) is 0 Å². The van der Waals surface area contributed by atoms with Crippen LogP contribution in [0.15, 0.2) is 23.4 Å². The van der Waals surface area contributed by atoms with Gasteiger partial charge >= 0.3 is 0 Å². The van der Waals surface area contributed by atoms with E-state index in [2.05, 4.69) is 63.9 Å². The fourth-order valence-electron chi connectivity index (χ4n) is 4.20. The summed E-state index contributed by atoms with van der Waals surface area (Å²) in [5.41, 5.74) is 6.66. The van der Waals surface area contributed by atoms with Crippen LogP contribution in [0.2, 0.25) is 0 Å². The first-order chi connectivity index (χ1) is 14.5. The molecule has 4 aromatic rings. The van der Waals surface area contributed by atoms with Gasteiger partial charge in [0.2, 0.25) is 5.91 Å². The topological polar surface area (TPSA) is 72.2 Å². The lowest BCUT2D eigenvalue weighted by Gasteiger charge is -2.11. The van der Waals surface area contributed by atoms with Gasteiger partial charge in [0.1, 0.15) is 0 Å². The predicted octanol–water partition coefficient (Wildman–Crippen LogP) is 4.87. The van der Waals surface area contributed by atoms with E-state index in [1.54, 1.807) is 11.3 Å². The molecular weight excluding hydrogens is 414 g/mol. The van der Waals surface area contributed by atoms with Gasteiger partial charge in [-0.15, -0.1) is 21.5 Å². The summed E-state index contributed by atoms with van der Waals surface area (Å²) in [5.74, 6) is 0.206. The summed E-state index contributed by atoms with van der Waals surface area (Å²) < 4.78 is 2.07. The summed E-state index contributed by atoms with van der Waals surface area (Å²) in [5, 5.41) is 14.3. The van der Waals surface area contributed by atoms with Crippen molar-refractivity contribution in [3.63, 3.8) is 0 Å². The van der Waals surface area contributed by atoms with Crippen LogP contribution in [0.5, 0.6) is 0 Å². The third-order valence-electron chi connectivity index (χ3n) is 5.52. The van der Waals surface area contributed by atoms with Crippen LogP contribution in [-0.4, -0.2) is 31.2 Å². The number of anilines is 1. The smallest absolute Gasteiger partial charge is 0.236 e. The number of benzene rings is 1. The second-order valence-corrected chi connectivity index (χ2v) is 9.94. The van der Waals surface area contributed by atoms with E-state index < -0.39 is 0 Å². The Morgan fingerprint density at radius 1 is 1.13 bits per heavy atom. The SMILES string of the molecule is Cc1cc(C)c2c(c1)c(C)cc1nnc(SCC(=O)Nc3nc4c(s3)CCCC4)n12. The van der Waals surface area contributed by atoms with Gasteiger partial charge in [-0.2, -0.15) is 0 Å². The highest BCUT2D eigenvalue weighted by molar-refractivity contribution is 7.99. The molecule has 0 radical (unpaired) electrons. The molecule has 6 nitrogen and oxygen atoms in total. The van der Waals surface area contributed by atoms with E-state index in [1.165, 1.54) is 51.6 Å². The number of aromatic nitrogens is 4. The Bertz CT molecular complexity index is 1270. The summed E-state index contributed by atoms with van der Waals surface area (Å²) in [6.45, 7) is 6.32. The molecule has 1 amide bonds. The van der Waals surface area contributed by atoms with Crippen LogP contribution in [0.3, 0.4) is 0 Å². The van der Waals surface area contributed by atoms with Crippen LogP contribution < -0.4 is 5.32 Å². The molecule has 0 fully saturated rings. The van der Waals surface area contributed by atoms with Crippen molar-refractivity contribution in [2.24, 2.45) is 0 Å². The molecule has 0 atom stereocenters. The maximum atomic E-state index is 12.6. The summed E-state index contributed by atoms with van der Waals surface area (Å²) in [6, 6.07) is 6.42. The molecule has 154 valence electrons. The number of hydrogen-bond acceptors (Lipinski definition) is 6. The minimum Gasteiger partial charge on any atom is -0.301 e. The van der Waals surface area contributed by atoms with Gasteiger partial charge in [-0.05, 0) is 69.7 Å². The van der Waals surface area contributed by atoms with Gasteiger partial charge in [0.15, 0.2) is 15.9 Å². The Hall–Kier alpha value is -2.45. The Kier molecular flexibility index (Phi) is 4.99. The molecule has 0 spiro atoms. The van der Waals surface area contributed by atoms with Crippen LogP contribution in [0.25, 0.3) is 16.6 Å². The highest BCUT2D eigenvalue weighted by atomic mass is 32.2. The highest BCUT2D eigenvalue weighted by Gasteiger charge is 2.18. The fraction of sp³-hybridized carbons (Fsp3) is 0.364. The highest BCUT2D eigenvalue weighted by Crippen LogP contribution is 2.31. The number of hydrogen-bond donors (Lipinski definition) is 1. The van der Waals surface area contributed by atoms with Crippen LogP contribution in [0.4, 0.5) is 5.13 Å². The summed E-state index contributed by atoms with van der Waals surface area (Å²) in [6.07, 6.45) is 4.50. The monoisotopic (exact) mass is 437 g/mol. The molecule has 0 saturated carbocycles. The van der Waals surface area contributed by atoms with Crippen molar-refractivity contribution in [2.75, 3.05) is 11.1 Å². The first-order valence-electron chi connectivity index (χ1n) is 10.2. The molecule has 8 heteroatoms. The summed E-state index contributed by atoms with van der Waals surface area (Å²) >= 11 is 3.02. The first kappa shape index (κ1) is 19.5. The summed E-state index contributed by atoms with van der Waals surface area (Å²) in [7, 11) is 0. The third-order valence-corrected chi connectivity index (χ3v) is 7.52. The second kappa shape index (κ2) is 7.67. The Morgan fingerprint density at radius 3 is 2.80 bits per heavy atom. The largest absolute Gasteiger partial charge is 0.301 e.